The van der Waals surface area contributed by atoms with Crippen molar-refractivity contribution in [2.24, 2.45) is 5.92 Å². The Bertz CT molecular complexity index is 584. The van der Waals surface area contributed by atoms with E-state index < -0.39 is 0 Å². The van der Waals surface area contributed by atoms with Crippen LogP contribution in [0, 0.1) is 12.8 Å². The summed E-state index contributed by atoms with van der Waals surface area (Å²) < 4.78 is 5.77. The molecule has 0 radical (unpaired) electrons. The number of ether oxygens (including phenoxy) is 1. The van der Waals surface area contributed by atoms with Gasteiger partial charge in [-0.2, -0.15) is 0 Å². The zero-order chi connectivity index (χ0) is 15.4. The second-order valence-electron chi connectivity index (χ2n) is 6.51. The van der Waals surface area contributed by atoms with Gasteiger partial charge in [-0.3, -0.25) is 0 Å². The van der Waals surface area contributed by atoms with Crippen LogP contribution in [-0.2, 0) is 6.61 Å². The van der Waals surface area contributed by atoms with Crippen LogP contribution in [0.1, 0.15) is 55.5 Å². The fourth-order valence-electron chi connectivity index (χ4n) is 2.98. The first-order valence-electron chi connectivity index (χ1n) is 8.21. The molecule has 1 aliphatic rings. The van der Waals surface area contributed by atoms with Gasteiger partial charge in [-0.15, -0.1) is 0 Å². The molecule has 1 saturated carbocycles. The van der Waals surface area contributed by atoms with Crippen LogP contribution >= 0.6 is 0 Å². The number of benzene rings is 1. The van der Waals surface area contributed by atoms with Crippen LogP contribution in [0.3, 0.4) is 0 Å². The van der Waals surface area contributed by atoms with Crippen molar-refractivity contribution in [2.45, 2.75) is 52.1 Å². The van der Waals surface area contributed by atoms with Gasteiger partial charge in [0, 0.05) is 5.92 Å². The summed E-state index contributed by atoms with van der Waals surface area (Å²) in [6.07, 6.45) is 8.64. The van der Waals surface area contributed by atoms with Crippen LogP contribution < -0.4 is 4.74 Å². The summed E-state index contributed by atoms with van der Waals surface area (Å²) in [4.78, 5) is 9.04. The Labute approximate surface area is 132 Å². The summed E-state index contributed by atoms with van der Waals surface area (Å²) in [6.45, 7) is 4.98. The highest BCUT2D eigenvalue weighted by Gasteiger charge is 2.21. The van der Waals surface area contributed by atoms with Crippen LogP contribution in [0.4, 0.5) is 0 Å². The third kappa shape index (κ3) is 3.85. The highest BCUT2D eigenvalue weighted by atomic mass is 16.5. The molecule has 0 bridgehead atoms. The highest BCUT2D eigenvalue weighted by molar-refractivity contribution is 5.22. The van der Waals surface area contributed by atoms with Crippen LogP contribution in [0.15, 0.2) is 36.7 Å². The number of rotatable bonds is 4. The Morgan fingerprint density at radius 2 is 1.64 bits per heavy atom. The standard InChI is InChI=1S/C19H24N2O/c1-14-3-7-16(8-4-14)13-22-18-11-20-19(21-12-18)17-9-5-15(2)6-10-17/h3-4,7-8,11-12,15,17H,5-6,9-10,13H2,1-2H3. The predicted molar refractivity (Wildman–Crippen MR) is 87.9 cm³/mol. The molecule has 3 heteroatoms. The minimum Gasteiger partial charge on any atom is -0.486 e. The molecule has 0 amide bonds. The third-order valence-corrected chi connectivity index (χ3v) is 4.56. The monoisotopic (exact) mass is 296 g/mol. The first kappa shape index (κ1) is 15.0. The quantitative estimate of drug-likeness (QED) is 0.823. The number of aromatic nitrogens is 2. The van der Waals surface area contributed by atoms with E-state index in [1.165, 1.54) is 31.2 Å². The molecule has 0 N–H and O–H groups in total. The Morgan fingerprint density at radius 1 is 1.00 bits per heavy atom. The second kappa shape index (κ2) is 6.91. The van der Waals surface area contributed by atoms with Gasteiger partial charge in [0.1, 0.15) is 12.4 Å². The van der Waals surface area contributed by atoms with Crippen LogP contribution in [0.25, 0.3) is 0 Å². The lowest BCUT2D eigenvalue weighted by Gasteiger charge is -2.24. The minimum atomic E-state index is 0.530. The molecule has 2 aromatic rings. The second-order valence-corrected chi connectivity index (χ2v) is 6.51. The molecule has 0 atom stereocenters. The van der Waals surface area contributed by atoms with Crippen LogP contribution in [-0.4, -0.2) is 9.97 Å². The van der Waals surface area contributed by atoms with Gasteiger partial charge >= 0.3 is 0 Å². The van der Waals surface area contributed by atoms with Gasteiger partial charge in [-0.1, -0.05) is 49.6 Å². The van der Waals surface area contributed by atoms with Gasteiger partial charge in [0.15, 0.2) is 5.75 Å². The molecule has 0 spiro atoms. The lowest BCUT2D eigenvalue weighted by molar-refractivity contribution is 0.301. The van der Waals surface area contributed by atoms with Crippen LogP contribution in [0.2, 0.25) is 0 Å². The molecule has 0 aliphatic heterocycles. The number of hydrogen-bond donors (Lipinski definition) is 0. The van der Waals surface area contributed by atoms with E-state index in [4.69, 9.17) is 4.74 Å². The van der Waals surface area contributed by atoms with E-state index in [-0.39, 0.29) is 0 Å². The average Bonchev–Trinajstić information content (AvgIpc) is 2.56. The van der Waals surface area contributed by atoms with E-state index in [1.54, 1.807) is 0 Å². The van der Waals surface area contributed by atoms with Gasteiger partial charge in [0.05, 0.1) is 12.4 Å². The Balaban J connectivity index is 1.56. The molecule has 0 unspecified atom stereocenters. The summed E-state index contributed by atoms with van der Waals surface area (Å²) in [5, 5.41) is 0. The Hall–Kier alpha value is -1.90. The fourth-order valence-corrected chi connectivity index (χ4v) is 2.98. The molecule has 1 aliphatic carbocycles. The lowest BCUT2D eigenvalue weighted by Crippen LogP contribution is -2.13. The van der Waals surface area contributed by atoms with Crippen molar-refractivity contribution in [3.63, 3.8) is 0 Å². The Kier molecular flexibility index (Phi) is 4.71. The van der Waals surface area contributed by atoms with E-state index in [0.29, 0.717) is 12.5 Å². The SMILES string of the molecule is Cc1ccc(COc2cnc(C3CCC(C)CC3)nc2)cc1. The van der Waals surface area contributed by atoms with E-state index in [2.05, 4.69) is 48.1 Å². The molecule has 1 aromatic heterocycles. The minimum absolute atomic E-state index is 0.530. The molecule has 1 aromatic carbocycles. The predicted octanol–water partition coefficient (Wildman–Crippen LogP) is 4.66. The summed E-state index contributed by atoms with van der Waals surface area (Å²) in [6, 6.07) is 8.38. The largest absolute Gasteiger partial charge is 0.486 e. The van der Waals surface area contributed by atoms with Crippen molar-refractivity contribution in [3.05, 3.63) is 53.6 Å². The van der Waals surface area contributed by atoms with E-state index in [9.17, 15) is 0 Å². The number of nitrogens with zero attached hydrogens (tertiary/aromatic N) is 2. The van der Waals surface area contributed by atoms with Crippen molar-refractivity contribution in [3.8, 4) is 5.75 Å². The van der Waals surface area contributed by atoms with E-state index in [0.717, 1.165) is 23.1 Å². The van der Waals surface area contributed by atoms with Crippen molar-refractivity contribution < 1.29 is 4.74 Å². The zero-order valence-corrected chi connectivity index (χ0v) is 13.5. The van der Waals surface area contributed by atoms with Crippen molar-refractivity contribution >= 4 is 0 Å². The summed E-state index contributed by atoms with van der Waals surface area (Å²) >= 11 is 0. The Morgan fingerprint density at radius 3 is 2.27 bits per heavy atom. The maximum Gasteiger partial charge on any atom is 0.156 e. The summed E-state index contributed by atoms with van der Waals surface area (Å²) in [5.74, 6) is 3.11. The van der Waals surface area contributed by atoms with Gasteiger partial charge in [-0.25, -0.2) is 9.97 Å². The van der Waals surface area contributed by atoms with Gasteiger partial charge in [0.2, 0.25) is 0 Å². The molecule has 0 saturated heterocycles. The van der Waals surface area contributed by atoms with E-state index >= 15 is 0 Å². The summed E-state index contributed by atoms with van der Waals surface area (Å²) in [5.41, 5.74) is 2.43. The molecule has 22 heavy (non-hydrogen) atoms. The molecule has 3 nitrogen and oxygen atoms in total. The molecule has 1 fully saturated rings. The van der Waals surface area contributed by atoms with Gasteiger partial charge in [0.25, 0.3) is 0 Å². The normalized spacial score (nSPS) is 21.5. The molecular formula is C19H24N2O. The lowest BCUT2D eigenvalue weighted by atomic mass is 9.82. The highest BCUT2D eigenvalue weighted by Crippen LogP contribution is 2.33. The topological polar surface area (TPSA) is 35.0 Å². The van der Waals surface area contributed by atoms with E-state index in [1.807, 2.05) is 12.4 Å². The molecule has 3 rings (SSSR count). The fraction of sp³-hybridized carbons (Fsp3) is 0.474. The smallest absolute Gasteiger partial charge is 0.156 e. The maximum absolute atomic E-state index is 5.77. The summed E-state index contributed by atoms with van der Waals surface area (Å²) in [7, 11) is 0. The average molecular weight is 296 g/mol. The number of hydrogen-bond acceptors (Lipinski definition) is 3. The first-order valence-corrected chi connectivity index (χ1v) is 8.21. The molecule has 1 heterocycles. The zero-order valence-electron chi connectivity index (χ0n) is 13.5. The maximum atomic E-state index is 5.77. The van der Waals surface area contributed by atoms with Gasteiger partial charge < -0.3 is 4.74 Å². The van der Waals surface area contributed by atoms with Crippen molar-refractivity contribution in [2.75, 3.05) is 0 Å². The third-order valence-electron chi connectivity index (χ3n) is 4.56. The van der Waals surface area contributed by atoms with Crippen molar-refractivity contribution in [1.82, 2.24) is 9.97 Å². The van der Waals surface area contributed by atoms with Gasteiger partial charge in [-0.05, 0) is 31.2 Å². The van der Waals surface area contributed by atoms with Crippen molar-refractivity contribution in [1.29, 1.82) is 0 Å². The molecule has 116 valence electrons. The first-order chi connectivity index (χ1) is 10.7. The number of aryl methyl sites for hydroxylation is 1. The van der Waals surface area contributed by atoms with Crippen LogP contribution in [0.5, 0.6) is 5.75 Å². The molecular weight excluding hydrogens is 272 g/mol.